The largest absolute Gasteiger partial charge is 0.494 e. The van der Waals surface area contributed by atoms with Gasteiger partial charge in [0, 0.05) is 38.2 Å². The highest BCUT2D eigenvalue weighted by Crippen LogP contribution is 2.24. The van der Waals surface area contributed by atoms with E-state index >= 15 is 0 Å². The molecule has 1 atom stereocenters. The van der Waals surface area contributed by atoms with E-state index in [0.717, 1.165) is 5.56 Å². The number of benzene rings is 2. The van der Waals surface area contributed by atoms with Gasteiger partial charge in [0.05, 0.1) is 11.5 Å². The predicted molar refractivity (Wildman–Crippen MR) is 106 cm³/mol. The van der Waals surface area contributed by atoms with Gasteiger partial charge >= 0.3 is 6.09 Å². The van der Waals surface area contributed by atoms with Gasteiger partial charge in [-0.15, -0.1) is 0 Å². The molecule has 0 bridgehead atoms. The summed E-state index contributed by atoms with van der Waals surface area (Å²) in [7, 11) is 5.11. The fourth-order valence-corrected chi connectivity index (χ4v) is 2.66. The number of hydrogen-bond donors (Lipinski definition) is 1. The Morgan fingerprint density at radius 2 is 1.82 bits per heavy atom. The number of ether oxygens (including phenoxy) is 2. The second kappa shape index (κ2) is 9.70. The molecule has 2 aromatic rings. The van der Waals surface area contributed by atoms with Crippen LogP contribution in [0.5, 0.6) is 11.5 Å². The van der Waals surface area contributed by atoms with Gasteiger partial charge in [-0.25, -0.2) is 4.79 Å². The van der Waals surface area contributed by atoms with Crippen molar-refractivity contribution in [3.05, 3.63) is 63.7 Å². The number of nitro benzene ring substituents is 1. The van der Waals surface area contributed by atoms with Gasteiger partial charge in [0.25, 0.3) is 5.69 Å². The molecule has 8 nitrogen and oxygen atoms in total. The van der Waals surface area contributed by atoms with E-state index in [2.05, 4.69) is 5.32 Å². The number of amides is 1. The summed E-state index contributed by atoms with van der Waals surface area (Å²) in [5.74, 6) is 1.08. The summed E-state index contributed by atoms with van der Waals surface area (Å²) < 4.78 is 11.0. The van der Waals surface area contributed by atoms with Gasteiger partial charge in [-0.3, -0.25) is 10.1 Å². The molecule has 28 heavy (non-hydrogen) atoms. The van der Waals surface area contributed by atoms with E-state index in [0.29, 0.717) is 30.1 Å². The highest BCUT2D eigenvalue weighted by Gasteiger charge is 2.13. The molecule has 0 aliphatic rings. The van der Waals surface area contributed by atoms with Crippen LogP contribution in [0.25, 0.3) is 0 Å². The molecule has 0 saturated heterocycles. The first-order valence-corrected chi connectivity index (χ1v) is 8.86. The van der Waals surface area contributed by atoms with E-state index in [1.807, 2.05) is 19.2 Å². The maximum absolute atomic E-state index is 11.6. The Kier molecular flexibility index (Phi) is 7.34. The van der Waals surface area contributed by atoms with E-state index in [-0.39, 0.29) is 11.7 Å². The van der Waals surface area contributed by atoms with Gasteiger partial charge in [0.1, 0.15) is 11.5 Å². The molecule has 1 amide bonds. The third-order valence-electron chi connectivity index (χ3n) is 4.24. The SMILES string of the molecule is CNC(CCOc1ccc([N+](=O)[O-])c(C)c1)c1ccc(OC(=O)N(C)C)cc1. The Morgan fingerprint density at radius 3 is 2.36 bits per heavy atom. The summed E-state index contributed by atoms with van der Waals surface area (Å²) >= 11 is 0. The normalized spacial score (nSPS) is 11.6. The monoisotopic (exact) mass is 387 g/mol. The third-order valence-corrected chi connectivity index (χ3v) is 4.24. The Bertz CT molecular complexity index is 821. The first kappa shape index (κ1) is 21.2. The van der Waals surface area contributed by atoms with Crippen LogP contribution in [0.3, 0.4) is 0 Å². The molecular formula is C20H25N3O5. The summed E-state index contributed by atoms with van der Waals surface area (Å²) in [6.07, 6.45) is 0.272. The Hall–Kier alpha value is -3.13. The molecule has 2 rings (SSSR count). The van der Waals surface area contributed by atoms with Crippen LogP contribution in [0.1, 0.15) is 23.6 Å². The number of carbonyl (C=O) groups excluding carboxylic acids is 1. The van der Waals surface area contributed by atoms with Crippen LogP contribution < -0.4 is 14.8 Å². The maximum Gasteiger partial charge on any atom is 0.414 e. The van der Waals surface area contributed by atoms with Crippen LogP contribution >= 0.6 is 0 Å². The van der Waals surface area contributed by atoms with E-state index in [1.165, 1.54) is 11.0 Å². The molecule has 2 aromatic carbocycles. The first-order valence-electron chi connectivity index (χ1n) is 8.86. The van der Waals surface area contributed by atoms with Crippen molar-refractivity contribution in [3.8, 4) is 11.5 Å². The molecule has 0 saturated carbocycles. The van der Waals surface area contributed by atoms with Gasteiger partial charge < -0.3 is 19.7 Å². The zero-order valence-electron chi connectivity index (χ0n) is 16.5. The van der Waals surface area contributed by atoms with E-state index in [9.17, 15) is 14.9 Å². The number of rotatable bonds is 8. The summed E-state index contributed by atoms with van der Waals surface area (Å²) in [5.41, 5.74) is 1.68. The second-order valence-corrected chi connectivity index (χ2v) is 6.52. The lowest BCUT2D eigenvalue weighted by molar-refractivity contribution is -0.385. The van der Waals surface area contributed by atoms with Crippen LogP contribution in [0.2, 0.25) is 0 Å². The molecule has 0 radical (unpaired) electrons. The number of aryl methyl sites for hydroxylation is 1. The third kappa shape index (κ3) is 5.68. The molecule has 0 aromatic heterocycles. The van der Waals surface area contributed by atoms with Crippen molar-refractivity contribution >= 4 is 11.8 Å². The Morgan fingerprint density at radius 1 is 1.18 bits per heavy atom. The minimum absolute atomic E-state index is 0.0535. The lowest BCUT2D eigenvalue weighted by atomic mass is 10.0. The van der Waals surface area contributed by atoms with Gasteiger partial charge in [-0.05, 0) is 43.8 Å². The van der Waals surface area contributed by atoms with Crippen LogP contribution in [-0.4, -0.2) is 43.7 Å². The molecule has 8 heteroatoms. The molecule has 0 aliphatic carbocycles. The van der Waals surface area contributed by atoms with E-state index in [1.54, 1.807) is 45.3 Å². The van der Waals surface area contributed by atoms with Crippen LogP contribution in [0, 0.1) is 17.0 Å². The van der Waals surface area contributed by atoms with Crippen molar-refractivity contribution in [2.75, 3.05) is 27.7 Å². The number of nitrogens with zero attached hydrogens (tertiary/aromatic N) is 2. The van der Waals surface area contributed by atoms with Crippen molar-refractivity contribution in [3.63, 3.8) is 0 Å². The fourth-order valence-electron chi connectivity index (χ4n) is 2.66. The topological polar surface area (TPSA) is 93.9 Å². The van der Waals surface area contributed by atoms with Crippen LogP contribution in [0.15, 0.2) is 42.5 Å². The molecule has 1 N–H and O–H groups in total. The summed E-state index contributed by atoms with van der Waals surface area (Å²) in [6, 6.07) is 12.1. The highest BCUT2D eigenvalue weighted by molar-refractivity contribution is 5.69. The minimum Gasteiger partial charge on any atom is -0.494 e. The van der Waals surface area contributed by atoms with Crippen LogP contribution in [-0.2, 0) is 0 Å². The number of nitro groups is 1. The standard InChI is InChI=1S/C20H25N3O5/c1-14-13-17(9-10-19(14)23(25)26)27-12-11-18(21-2)15-5-7-16(8-6-15)28-20(24)22(3)4/h5-10,13,18,21H,11-12H2,1-4H3. The number of nitrogens with one attached hydrogen (secondary N) is 1. The second-order valence-electron chi connectivity index (χ2n) is 6.52. The maximum atomic E-state index is 11.6. The fraction of sp³-hybridized carbons (Fsp3) is 0.350. The van der Waals surface area contributed by atoms with Crippen LogP contribution in [0.4, 0.5) is 10.5 Å². The van der Waals surface area contributed by atoms with Crippen molar-refractivity contribution in [2.45, 2.75) is 19.4 Å². The minimum atomic E-state index is -0.426. The number of carbonyl (C=O) groups is 1. The zero-order chi connectivity index (χ0) is 20.7. The molecular weight excluding hydrogens is 362 g/mol. The smallest absolute Gasteiger partial charge is 0.414 e. The summed E-state index contributed by atoms with van der Waals surface area (Å²) in [5, 5.41) is 14.1. The summed E-state index contributed by atoms with van der Waals surface area (Å²) in [6.45, 7) is 2.13. The number of hydrogen-bond acceptors (Lipinski definition) is 6. The molecule has 0 fully saturated rings. The molecule has 0 spiro atoms. The zero-order valence-corrected chi connectivity index (χ0v) is 16.5. The first-order chi connectivity index (χ1) is 13.3. The highest BCUT2D eigenvalue weighted by atomic mass is 16.6. The van der Waals surface area contributed by atoms with Gasteiger partial charge in [-0.1, -0.05) is 12.1 Å². The van der Waals surface area contributed by atoms with Gasteiger partial charge in [0.2, 0.25) is 0 Å². The predicted octanol–water partition coefficient (Wildman–Crippen LogP) is 3.69. The average molecular weight is 387 g/mol. The van der Waals surface area contributed by atoms with Crippen molar-refractivity contribution < 1.29 is 19.2 Å². The Labute approximate surface area is 164 Å². The van der Waals surface area contributed by atoms with Crippen molar-refractivity contribution in [2.24, 2.45) is 0 Å². The summed E-state index contributed by atoms with van der Waals surface area (Å²) in [4.78, 5) is 23.4. The lowest BCUT2D eigenvalue weighted by Crippen LogP contribution is -2.25. The van der Waals surface area contributed by atoms with Gasteiger partial charge in [0.15, 0.2) is 0 Å². The quantitative estimate of drug-likeness (QED) is 0.548. The Balaban J connectivity index is 1.92. The molecule has 0 heterocycles. The molecule has 0 aliphatic heterocycles. The molecule has 150 valence electrons. The molecule has 1 unspecified atom stereocenters. The average Bonchev–Trinajstić information content (AvgIpc) is 2.65. The van der Waals surface area contributed by atoms with Gasteiger partial charge in [-0.2, -0.15) is 0 Å². The van der Waals surface area contributed by atoms with Crippen molar-refractivity contribution in [1.29, 1.82) is 0 Å². The van der Waals surface area contributed by atoms with Crippen molar-refractivity contribution in [1.82, 2.24) is 10.2 Å². The van der Waals surface area contributed by atoms with E-state index in [4.69, 9.17) is 9.47 Å². The lowest BCUT2D eigenvalue weighted by Gasteiger charge is -2.18. The van der Waals surface area contributed by atoms with E-state index < -0.39 is 11.0 Å².